The first-order chi connectivity index (χ1) is 16.2. The number of carbonyl (C=O) groups is 2. The first-order valence-corrected chi connectivity index (χ1v) is 11.8. The largest absolute Gasteiger partial charge is 0.453 e. The highest BCUT2D eigenvalue weighted by Crippen LogP contribution is 2.45. The lowest BCUT2D eigenvalue weighted by molar-refractivity contribution is -0.138. The van der Waals surface area contributed by atoms with E-state index in [1.165, 1.54) is 0 Å². The van der Waals surface area contributed by atoms with Crippen LogP contribution in [-0.2, 0) is 9.53 Å². The number of ketones is 1. The van der Waals surface area contributed by atoms with Crippen molar-refractivity contribution in [3.63, 3.8) is 0 Å². The van der Waals surface area contributed by atoms with E-state index < -0.39 is 6.10 Å². The van der Waals surface area contributed by atoms with E-state index in [0.29, 0.717) is 11.1 Å². The van der Waals surface area contributed by atoms with Gasteiger partial charge in [0.2, 0.25) is 0 Å². The molecular formula is C29H22O3S. The van der Waals surface area contributed by atoms with E-state index in [2.05, 4.69) is 0 Å². The molecule has 4 heteroatoms. The average molecular weight is 451 g/mol. The molecular weight excluding hydrogens is 428 g/mol. The van der Waals surface area contributed by atoms with E-state index in [-0.39, 0.29) is 24.1 Å². The second kappa shape index (κ2) is 9.39. The maximum absolute atomic E-state index is 13.2. The summed E-state index contributed by atoms with van der Waals surface area (Å²) in [4.78, 5) is 27.5. The predicted octanol–water partition coefficient (Wildman–Crippen LogP) is 6.64. The van der Waals surface area contributed by atoms with Crippen LogP contribution >= 0.6 is 11.3 Å². The van der Waals surface area contributed by atoms with Crippen molar-refractivity contribution >= 4 is 34.2 Å². The SMILES string of the molecule is O=C1O[C@@H]([C@H](CC(=O)c2ccccc2)c2cccs2)C(c2ccccc2)=C1c1ccccc1. The third-order valence-electron chi connectivity index (χ3n) is 5.91. The molecule has 0 fully saturated rings. The molecule has 1 aromatic heterocycles. The molecule has 0 amide bonds. The average Bonchev–Trinajstić information content (AvgIpc) is 3.52. The number of cyclic esters (lactones) is 1. The van der Waals surface area contributed by atoms with Crippen LogP contribution < -0.4 is 0 Å². The van der Waals surface area contributed by atoms with Crippen molar-refractivity contribution in [2.75, 3.05) is 0 Å². The van der Waals surface area contributed by atoms with E-state index in [9.17, 15) is 9.59 Å². The number of Topliss-reactive ketones (excluding diaryl/α,β-unsaturated/α-hetero) is 1. The predicted molar refractivity (Wildman–Crippen MR) is 132 cm³/mol. The van der Waals surface area contributed by atoms with Gasteiger partial charge in [0.1, 0.15) is 6.10 Å². The van der Waals surface area contributed by atoms with Crippen molar-refractivity contribution in [3.05, 3.63) is 130 Å². The third kappa shape index (κ3) is 4.30. The zero-order valence-corrected chi connectivity index (χ0v) is 18.7. The van der Waals surface area contributed by atoms with E-state index in [1.54, 1.807) is 11.3 Å². The molecule has 3 nitrogen and oxygen atoms in total. The first-order valence-electron chi connectivity index (χ1n) is 10.9. The molecule has 0 saturated heterocycles. The molecule has 0 radical (unpaired) electrons. The summed E-state index contributed by atoms with van der Waals surface area (Å²) in [5, 5.41) is 2.00. The van der Waals surface area contributed by atoms with Gasteiger partial charge in [-0.3, -0.25) is 4.79 Å². The summed E-state index contributed by atoms with van der Waals surface area (Å²) in [6.45, 7) is 0. The molecule has 1 aliphatic rings. The third-order valence-corrected chi connectivity index (χ3v) is 6.92. The maximum Gasteiger partial charge on any atom is 0.339 e. The van der Waals surface area contributed by atoms with Crippen molar-refractivity contribution in [1.82, 2.24) is 0 Å². The summed E-state index contributed by atoms with van der Waals surface area (Å²) in [6.07, 6.45) is -0.303. The van der Waals surface area contributed by atoms with Crippen molar-refractivity contribution in [2.45, 2.75) is 18.4 Å². The number of ether oxygens (including phenoxy) is 1. The van der Waals surface area contributed by atoms with Crippen molar-refractivity contribution in [3.8, 4) is 0 Å². The fraction of sp³-hybridized carbons (Fsp3) is 0.103. The monoisotopic (exact) mass is 450 g/mol. The van der Waals surface area contributed by atoms with Crippen LogP contribution in [0.25, 0.3) is 11.1 Å². The van der Waals surface area contributed by atoms with Gasteiger partial charge in [0.25, 0.3) is 0 Å². The van der Waals surface area contributed by atoms with Crippen LogP contribution in [0.4, 0.5) is 0 Å². The number of rotatable bonds is 7. The quantitative estimate of drug-likeness (QED) is 0.234. The molecule has 33 heavy (non-hydrogen) atoms. The van der Waals surface area contributed by atoms with Gasteiger partial charge in [-0.15, -0.1) is 11.3 Å². The minimum absolute atomic E-state index is 0.0330. The Morgan fingerprint density at radius 3 is 2.00 bits per heavy atom. The Bertz CT molecular complexity index is 1280. The Labute approximate surface area is 197 Å². The second-order valence-electron chi connectivity index (χ2n) is 7.96. The standard InChI is InChI=1S/C29H22O3S/c30-24(20-11-4-1-5-12-20)19-23(25-17-10-18-33-25)28-26(21-13-6-2-7-14-21)27(29(31)32-28)22-15-8-3-9-16-22/h1-18,23,28H,19H2/t23-,28+/m1/s1. The lowest BCUT2D eigenvalue weighted by Crippen LogP contribution is -2.23. The van der Waals surface area contributed by atoms with Crippen LogP contribution in [-0.4, -0.2) is 17.9 Å². The smallest absolute Gasteiger partial charge is 0.339 e. The zero-order chi connectivity index (χ0) is 22.6. The minimum atomic E-state index is -0.554. The lowest BCUT2D eigenvalue weighted by atomic mass is 9.83. The molecule has 1 aliphatic heterocycles. The Hall–Kier alpha value is -3.76. The van der Waals surface area contributed by atoms with Gasteiger partial charge in [-0.05, 0) is 22.6 Å². The molecule has 0 spiro atoms. The van der Waals surface area contributed by atoms with E-state index in [4.69, 9.17) is 4.74 Å². The Morgan fingerprint density at radius 1 is 0.788 bits per heavy atom. The van der Waals surface area contributed by atoms with Gasteiger partial charge >= 0.3 is 5.97 Å². The Morgan fingerprint density at radius 2 is 1.39 bits per heavy atom. The van der Waals surface area contributed by atoms with Crippen molar-refractivity contribution < 1.29 is 14.3 Å². The summed E-state index contributed by atoms with van der Waals surface area (Å²) < 4.78 is 6.06. The summed E-state index contributed by atoms with van der Waals surface area (Å²) in [5.41, 5.74) is 3.83. The zero-order valence-electron chi connectivity index (χ0n) is 17.9. The highest BCUT2D eigenvalue weighted by molar-refractivity contribution is 7.10. The number of hydrogen-bond donors (Lipinski definition) is 0. The van der Waals surface area contributed by atoms with Gasteiger partial charge in [-0.2, -0.15) is 0 Å². The summed E-state index contributed by atoms with van der Waals surface area (Å²) in [6, 6.07) is 32.8. The second-order valence-corrected chi connectivity index (χ2v) is 8.94. The number of benzene rings is 3. The van der Waals surface area contributed by atoms with E-state index in [1.807, 2.05) is 109 Å². The lowest BCUT2D eigenvalue weighted by Gasteiger charge is -2.24. The maximum atomic E-state index is 13.2. The first kappa shape index (κ1) is 21.1. The molecule has 0 bridgehead atoms. The van der Waals surface area contributed by atoms with Gasteiger partial charge < -0.3 is 4.74 Å². The minimum Gasteiger partial charge on any atom is -0.453 e. The van der Waals surface area contributed by atoms with Crippen LogP contribution in [0.3, 0.4) is 0 Å². The molecule has 0 unspecified atom stereocenters. The van der Waals surface area contributed by atoms with Crippen LogP contribution in [0, 0.1) is 0 Å². The van der Waals surface area contributed by atoms with Crippen LogP contribution in [0.1, 0.15) is 38.7 Å². The number of carbonyl (C=O) groups excluding carboxylic acids is 2. The fourth-order valence-corrected chi connectivity index (χ4v) is 5.23. The molecule has 0 N–H and O–H groups in total. The fourth-order valence-electron chi connectivity index (χ4n) is 4.37. The Kier molecular flexibility index (Phi) is 6.01. The molecule has 162 valence electrons. The summed E-state index contributed by atoms with van der Waals surface area (Å²) in [7, 11) is 0. The molecule has 0 saturated carbocycles. The van der Waals surface area contributed by atoms with Gasteiger partial charge in [0, 0.05) is 28.4 Å². The highest BCUT2D eigenvalue weighted by atomic mass is 32.1. The normalized spacial score (nSPS) is 16.5. The van der Waals surface area contributed by atoms with E-state index >= 15 is 0 Å². The molecule has 0 aliphatic carbocycles. The van der Waals surface area contributed by atoms with Gasteiger partial charge in [0.15, 0.2) is 5.78 Å². The molecule has 4 aromatic rings. The van der Waals surface area contributed by atoms with Crippen LogP contribution in [0.2, 0.25) is 0 Å². The molecule has 2 heterocycles. The summed E-state index contributed by atoms with van der Waals surface area (Å²) in [5.74, 6) is -0.595. The molecule has 3 aromatic carbocycles. The number of thiophene rings is 1. The van der Waals surface area contributed by atoms with Gasteiger partial charge in [0.05, 0.1) is 5.57 Å². The van der Waals surface area contributed by atoms with Crippen molar-refractivity contribution in [2.24, 2.45) is 0 Å². The van der Waals surface area contributed by atoms with Crippen LogP contribution in [0.5, 0.6) is 0 Å². The van der Waals surface area contributed by atoms with Crippen molar-refractivity contribution in [1.29, 1.82) is 0 Å². The summed E-state index contributed by atoms with van der Waals surface area (Å²) >= 11 is 1.58. The van der Waals surface area contributed by atoms with E-state index in [0.717, 1.165) is 21.6 Å². The Balaban J connectivity index is 1.63. The topological polar surface area (TPSA) is 43.4 Å². The van der Waals surface area contributed by atoms with Crippen LogP contribution in [0.15, 0.2) is 109 Å². The molecule has 5 rings (SSSR count). The van der Waals surface area contributed by atoms with Gasteiger partial charge in [-0.1, -0.05) is 97.1 Å². The number of esters is 1. The highest BCUT2D eigenvalue weighted by Gasteiger charge is 2.42. The van der Waals surface area contributed by atoms with Gasteiger partial charge in [-0.25, -0.2) is 4.79 Å². The molecule has 2 atom stereocenters. The number of hydrogen-bond acceptors (Lipinski definition) is 4.